The molecule has 1 N–H and O–H groups in total. The molecule has 1 atom stereocenters. The first-order valence-electron chi connectivity index (χ1n) is 9.98. The van der Waals surface area contributed by atoms with Gasteiger partial charge in [-0.1, -0.05) is 19.3 Å². The van der Waals surface area contributed by atoms with E-state index in [4.69, 9.17) is 16.6 Å². The summed E-state index contributed by atoms with van der Waals surface area (Å²) in [5.74, 6) is 1.19. The van der Waals surface area contributed by atoms with Gasteiger partial charge < -0.3 is 4.98 Å². The van der Waals surface area contributed by atoms with Crippen LogP contribution in [0.3, 0.4) is 0 Å². The Bertz CT molecular complexity index is 844. The normalized spacial score (nSPS) is 24.9. The Kier molecular flexibility index (Phi) is 4.83. The first-order chi connectivity index (χ1) is 12.9. The zero-order chi connectivity index (χ0) is 19.2. The van der Waals surface area contributed by atoms with E-state index in [1.807, 2.05) is 0 Å². The highest BCUT2D eigenvalue weighted by Crippen LogP contribution is 2.42. The molecule has 2 heterocycles. The number of carbonyl (C=O) groups excluding carboxylic acids is 2. The van der Waals surface area contributed by atoms with Crippen LogP contribution < -0.4 is 0 Å². The summed E-state index contributed by atoms with van der Waals surface area (Å²) < 4.78 is 0. The fourth-order valence-electron chi connectivity index (χ4n) is 4.54. The number of hydrogen-bond acceptors (Lipinski definition) is 4. The summed E-state index contributed by atoms with van der Waals surface area (Å²) in [5, 5.41) is 0. The molecule has 1 saturated carbocycles. The van der Waals surface area contributed by atoms with Gasteiger partial charge in [-0.05, 0) is 39.5 Å². The molecular formula is C21H26ClN3O2. The number of imidazole rings is 1. The Balaban J connectivity index is 1.81. The number of aromatic amines is 1. The quantitative estimate of drug-likeness (QED) is 0.774. The molecule has 0 bridgehead atoms. The van der Waals surface area contributed by atoms with Gasteiger partial charge >= 0.3 is 0 Å². The van der Waals surface area contributed by atoms with E-state index >= 15 is 0 Å². The molecule has 3 aliphatic rings. The van der Waals surface area contributed by atoms with E-state index in [0.717, 1.165) is 24.2 Å². The van der Waals surface area contributed by atoms with Crippen molar-refractivity contribution >= 4 is 35.0 Å². The first-order valence-corrected chi connectivity index (χ1v) is 10.5. The largest absolute Gasteiger partial charge is 0.339 e. The molecule has 1 aromatic rings. The van der Waals surface area contributed by atoms with Crippen molar-refractivity contribution in [3.05, 3.63) is 22.8 Å². The smallest absolute Gasteiger partial charge is 0.188 e. The second-order valence-corrected chi connectivity index (χ2v) is 8.78. The van der Waals surface area contributed by atoms with Crippen LogP contribution in [-0.2, 0) is 4.79 Å². The molecule has 6 heteroatoms. The lowest BCUT2D eigenvalue weighted by molar-refractivity contribution is -0.119. The molecule has 0 saturated heterocycles. The van der Waals surface area contributed by atoms with Crippen molar-refractivity contribution < 1.29 is 9.59 Å². The molecule has 1 fully saturated rings. The lowest BCUT2D eigenvalue weighted by Gasteiger charge is -2.32. The van der Waals surface area contributed by atoms with E-state index in [-0.39, 0.29) is 11.6 Å². The third kappa shape index (κ3) is 3.10. The summed E-state index contributed by atoms with van der Waals surface area (Å²) in [7, 11) is 0. The Hall–Kier alpha value is -1.75. The Morgan fingerprint density at radius 2 is 1.96 bits per heavy atom. The number of fused-ring (bicyclic) bond motifs is 2. The van der Waals surface area contributed by atoms with Crippen molar-refractivity contribution in [1.82, 2.24) is 9.97 Å². The van der Waals surface area contributed by atoms with Crippen molar-refractivity contribution in [2.75, 3.05) is 5.88 Å². The molecule has 2 aliphatic carbocycles. The minimum atomic E-state index is -0.835. The van der Waals surface area contributed by atoms with Gasteiger partial charge in [-0.15, -0.1) is 11.6 Å². The summed E-state index contributed by atoms with van der Waals surface area (Å²) >= 11 is 5.88. The predicted molar refractivity (Wildman–Crippen MR) is 107 cm³/mol. The average Bonchev–Trinajstić information content (AvgIpc) is 3.11. The fourth-order valence-corrected chi connectivity index (χ4v) is 4.69. The number of allylic oxidation sites excluding steroid dienone is 1. The van der Waals surface area contributed by atoms with E-state index in [1.165, 1.54) is 19.3 Å². The highest BCUT2D eigenvalue weighted by atomic mass is 35.5. The van der Waals surface area contributed by atoms with E-state index in [0.29, 0.717) is 41.6 Å². The average molecular weight is 388 g/mol. The Labute approximate surface area is 164 Å². The molecule has 0 aromatic carbocycles. The van der Waals surface area contributed by atoms with E-state index < -0.39 is 11.5 Å². The predicted octanol–water partition coefficient (Wildman–Crippen LogP) is 4.47. The first kappa shape index (κ1) is 18.6. The molecule has 1 unspecified atom stereocenters. The van der Waals surface area contributed by atoms with Gasteiger partial charge in [0.05, 0.1) is 5.92 Å². The van der Waals surface area contributed by atoms with Crippen LogP contribution in [0.25, 0.3) is 5.57 Å². The van der Waals surface area contributed by atoms with Crippen LogP contribution in [0.5, 0.6) is 0 Å². The van der Waals surface area contributed by atoms with Gasteiger partial charge in [0.25, 0.3) is 0 Å². The number of rotatable bonds is 4. The molecule has 0 radical (unpaired) electrons. The summed E-state index contributed by atoms with van der Waals surface area (Å²) in [5.41, 5.74) is 1.64. The van der Waals surface area contributed by atoms with Gasteiger partial charge in [-0.2, -0.15) is 0 Å². The molecular weight excluding hydrogens is 362 g/mol. The van der Waals surface area contributed by atoms with E-state index in [2.05, 4.69) is 9.98 Å². The highest BCUT2D eigenvalue weighted by Gasteiger charge is 2.45. The fraction of sp³-hybridized carbons (Fsp3) is 0.619. The van der Waals surface area contributed by atoms with E-state index in [1.54, 1.807) is 20.1 Å². The van der Waals surface area contributed by atoms with Gasteiger partial charge in [-0.25, -0.2) is 4.98 Å². The number of aliphatic imine (C=N–C) groups is 1. The minimum Gasteiger partial charge on any atom is -0.339 e. The van der Waals surface area contributed by atoms with Crippen LogP contribution in [-0.4, -0.2) is 39.2 Å². The van der Waals surface area contributed by atoms with Crippen LogP contribution in [0, 0.1) is 5.92 Å². The monoisotopic (exact) mass is 387 g/mol. The maximum Gasteiger partial charge on any atom is 0.188 e. The SMILES string of the molecule is CC1(C)N=CC2=C(C1=O)C(CCCCl)C(=O)c1[nH]c(C3CCCCC3)nc12. The highest BCUT2D eigenvalue weighted by molar-refractivity contribution is 6.30. The van der Waals surface area contributed by atoms with Crippen molar-refractivity contribution in [1.29, 1.82) is 0 Å². The molecule has 1 aromatic heterocycles. The van der Waals surface area contributed by atoms with Crippen LogP contribution in [0.15, 0.2) is 10.6 Å². The Morgan fingerprint density at radius 3 is 2.67 bits per heavy atom. The van der Waals surface area contributed by atoms with Crippen LogP contribution in [0.4, 0.5) is 0 Å². The third-order valence-corrected chi connectivity index (χ3v) is 6.38. The van der Waals surface area contributed by atoms with Crippen molar-refractivity contribution in [2.45, 2.75) is 70.3 Å². The van der Waals surface area contributed by atoms with Gasteiger partial charge in [0.2, 0.25) is 0 Å². The maximum atomic E-state index is 13.3. The summed E-state index contributed by atoms with van der Waals surface area (Å²) in [6, 6.07) is 0. The van der Waals surface area contributed by atoms with Crippen LogP contribution in [0.2, 0.25) is 0 Å². The number of aromatic nitrogens is 2. The number of halogens is 1. The number of dihydropyridines is 1. The standard InChI is InChI=1S/C21H26ClN3O2/c1-21(2)19(27)15-13(9-6-10-22)18(26)17-16(14(15)11-23-21)24-20(25-17)12-7-4-3-5-8-12/h11-13H,3-10H2,1-2H3,(H,24,25). The molecule has 4 rings (SSSR count). The maximum absolute atomic E-state index is 13.3. The third-order valence-electron chi connectivity index (χ3n) is 6.11. The van der Waals surface area contributed by atoms with Gasteiger partial charge in [-0.3, -0.25) is 14.6 Å². The number of hydrogen-bond donors (Lipinski definition) is 1. The summed E-state index contributed by atoms with van der Waals surface area (Å²) in [4.78, 5) is 39.0. The van der Waals surface area contributed by atoms with Crippen molar-refractivity contribution in [3.8, 4) is 0 Å². The number of carbonyl (C=O) groups is 2. The molecule has 144 valence electrons. The number of nitrogens with one attached hydrogen (secondary N) is 1. The lowest BCUT2D eigenvalue weighted by atomic mass is 9.73. The summed E-state index contributed by atoms with van der Waals surface area (Å²) in [6.45, 7) is 3.60. The lowest BCUT2D eigenvalue weighted by Crippen LogP contribution is -2.40. The number of H-pyrrole nitrogens is 1. The molecule has 0 spiro atoms. The number of nitrogens with zero attached hydrogens (tertiary/aromatic N) is 2. The van der Waals surface area contributed by atoms with Crippen LogP contribution in [0.1, 0.15) is 86.7 Å². The molecule has 1 aliphatic heterocycles. The number of ketones is 2. The van der Waals surface area contributed by atoms with Gasteiger partial charge in [0, 0.05) is 29.2 Å². The van der Waals surface area contributed by atoms with Gasteiger partial charge in [0.15, 0.2) is 11.6 Å². The summed E-state index contributed by atoms with van der Waals surface area (Å²) in [6.07, 6.45) is 8.88. The molecule has 27 heavy (non-hydrogen) atoms. The topological polar surface area (TPSA) is 75.2 Å². The second kappa shape index (κ2) is 7.01. The number of alkyl halides is 1. The van der Waals surface area contributed by atoms with Gasteiger partial charge in [0.1, 0.15) is 22.8 Å². The number of Topliss-reactive ketones (excluding diaryl/α,β-unsaturated/α-hetero) is 2. The van der Waals surface area contributed by atoms with Crippen molar-refractivity contribution in [2.24, 2.45) is 10.9 Å². The van der Waals surface area contributed by atoms with Crippen LogP contribution >= 0.6 is 11.6 Å². The van der Waals surface area contributed by atoms with Crippen molar-refractivity contribution in [3.63, 3.8) is 0 Å². The minimum absolute atomic E-state index is 0.0251. The Morgan fingerprint density at radius 1 is 1.22 bits per heavy atom. The zero-order valence-corrected chi connectivity index (χ0v) is 16.7. The zero-order valence-electron chi connectivity index (χ0n) is 16.0. The van der Waals surface area contributed by atoms with E-state index in [9.17, 15) is 9.59 Å². The molecule has 5 nitrogen and oxygen atoms in total. The second-order valence-electron chi connectivity index (χ2n) is 8.40. The molecule has 0 amide bonds.